The summed E-state index contributed by atoms with van der Waals surface area (Å²) in [4.78, 5) is 23.1. The van der Waals surface area contributed by atoms with Gasteiger partial charge in [-0.2, -0.15) is 0 Å². The van der Waals surface area contributed by atoms with Gasteiger partial charge in [0.2, 0.25) is 0 Å². The van der Waals surface area contributed by atoms with Crippen molar-refractivity contribution in [2.45, 2.75) is 65.2 Å². The number of nitrogens with one attached hydrogen (secondary N) is 2. The van der Waals surface area contributed by atoms with Crippen LogP contribution in [0.1, 0.15) is 65.2 Å². The number of aliphatic carboxylic acids is 1. The van der Waals surface area contributed by atoms with Crippen LogP contribution in [0.15, 0.2) is 0 Å². The van der Waals surface area contributed by atoms with Crippen LogP contribution in [0.2, 0.25) is 0 Å². The molecule has 1 saturated carbocycles. The van der Waals surface area contributed by atoms with Crippen LogP contribution >= 0.6 is 0 Å². The molecule has 0 bridgehead atoms. The Morgan fingerprint density at radius 2 is 1.71 bits per heavy atom. The van der Waals surface area contributed by atoms with Gasteiger partial charge >= 0.3 is 12.0 Å². The molecule has 1 aliphatic rings. The number of hydrogen-bond acceptors (Lipinski definition) is 2. The number of carbonyl (C=O) groups is 2. The van der Waals surface area contributed by atoms with E-state index in [-0.39, 0.29) is 12.6 Å². The zero-order chi connectivity index (χ0) is 15.7. The van der Waals surface area contributed by atoms with Crippen LogP contribution in [0.5, 0.6) is 0 Å². The first-order valence-electron chi connectivity index (χ1n) is 8.29. The van der Waals surface area contributed by atoms with Crippen LogP contribution in [-0.2, 0) is 4.79 Å². The summed E-state index contributed by atoms with van der Waals surface area (Å²) < 4.78 is 0. The van der Waals surface area contributed by atoms with Crippen molar-refractivity contribution < 1.29 is 14.7 Å². The third-order valence-electron chi connectivity index (χ3n) is 4.96. The molecule has 0 aromatic rings. The fraction of sp³-hybridized carbons (Fsp3) is 0.875. The highest BCUT2D eigenvalue weighted by molar-refractivity contribution is 5.78. The maximum Gasteiger partial charge on any atom is 0.314 e. The number of amides is 2. The molecular weight excluding hydrogens is 268 g/mol. The minimum atomic E-state index is -0.847. The molecule has 0 aromatic carbocycles. The predicted molar refractivity (Wildman–Crippen MR) is 83.2 cm³/mol. The van der Waals surface area contributed by atoms with Crippen molar-refractivity contribution in [3.8, 4) is 0 Å². The Morgan fingerprint density at radius 3 is 2.24 bits per heavy atom. The minimum absolute atomic E-state index is 0.185. The van der Waals surface area contributed by atoms with Crippen LogP contribution in [0.3, 0.4) is 0 Å². The number of carboxylic acid groups (broad SMARTS) is 1. The summed E-state index contributed by atoms with van der Waals surface area (Å²) in [5, 5.41) is 14.9. The zero-order valence-corrected chi connectivity index (χ0v) is 13.4. The largest absolute Gasteiger partial charge is 0.481 e. The second-order valence-electron chi connectivity index (χ2n) is 6.19. The Labute approximate surface area is 127 Å². The van der Waals surface area contributed by atoms with Crippen LogP contribution < -0.4 is 10.6 Å². The first-order chi connectivity index (χ1) is 10.0. The molecule has 0 aromatic heterocycles. The van der Waals surface area contributed by atoms with Gasteiger partial charge in [-0.3, -0.25) is 4.79 Å². The molecule has 5 nitrogen and oxygen atoms in total. The van der Waals surface area contributed by atoms with Gasteiger partial charge in [0.25, 0.3) is 0 Å². The zero-order valence-electron chi connectivity index (χ0n) is 13.4. The van der Waals surface area contributed by atoms with E-state index < -0.39 is 11.4 Å². The third kappa shape index (κ3) is 5.56. The topological polar surface area (TPSA) is 78.4 Å². The van der Waals surface area contributed by atoms with Gasteiger partial charge in [-0.25, -0.2) is 4.79 Å². The highest BCUT2D eigenvalue weighted by Gasteiger charge is 2.35. The average molecular weight is 298 g/mol. The molecule has 1 aliphatic carbocycles. The molecule has 5 heteroatoms. The maximum absolute atomic E-state index is 11.8. The van der Waals surface area contributed by atoms with Crippen LogP contribution in [-0.4, -0.2) is 30.2 Å². The smallest absolute Gasteiger partial charge is 0.314 e. The van der Waals surface area contributed by atoms with Gasteiger partial charge in [-0.15, -0.1) is 0 Å². The van der Waals surface area contributed by atoms with E-state index >= 15 is 0 Å². The van der Waals surface area contributed by atoms with Crippen molar-refractivity contribution in [2.24, 2.45) is 11.3 Å². The monoisotopic (exact) mass is 298 g/mol. The van der Waals surface area contributed by atoms with Crippen LogP contribution in [0.25, 0.3) is 0 Å². The van der Waals surface area contributed by atoms with Crippen molar-refractivity contribution >= 4 is 12.0 Å². The van der Waals surface area contributed by atoms with Crippen molar-refractivity contribution in [3.05, 3.63) is 0 Å². The second-order valence-corrected chi connectivity index (χ2v) is 6.19. The molecule has 1 fully saturated rings. The van der Waals surface area contributed by atoms with Crippen LogP contribution in [0, 0.1) is 11.3 Å². The Balaban J connectivity index is 2.24. The fourth-order valence-corrected chi connectivity index (χ4v) is 3.06. The standard InChI is InChI=1S/C16H30N2O3/c1-3-16(4-2,14(19)20)12-18-15(21)17-11-10-13-8-6-5-7-9-13/h13H,3-12H2,1-2H3,(H,19,20)(H2,17,18,21). The molecule has 0 atom stereocenters. The van der Waals surface area contributed by atoms with Crippen molar-refractivity contribution in [1.82, 2.24) is 10.6 Å². The maximum atomic E-state index is 11.8. The quantitative estimate of drug-likeness (QED) is 0.644. The number of carbonyl (C=O) groups excluding carboxylic acids is 1. The summed E-state index contributed by atoms with van der Waals surface area (Å²) >= 11 is 0. The predicted octanol–water partition coefficient (Wildman–Crippen LogP) is 3.15. The Kier molecular flexibility index (Phi) is 7.54. The molecule has 2 amide bonds. The Bertz CT molecular complexity index is 334. The summed E-state index contributed by atoms with van der Waals surface area (Å²) in [6.45, 7) is 4.56. The van der Waals surface area contributed by atoms with E-state index in [1.807, 2.05) is 13.8 Å². The van der Waals surface area contributed by atoms with E-state index in [2.05, 4.69) is 10.6 Å². The molecule has 1 rings (SSSR count). The van der Waals surface area contributed by atoms with Gasteiger partial charge in [0.1, 0.15) is 0 Å². The first kappa shape index (κ1) is 17.8. The second kappa shape index (κ2) is 8.90. The van der Waals surface area contributed by atoms with Gasteiger partial charge in [-0.1, -0.05) is 46.0 Å². The molecular formula is C16H30N2O3. The SMILES string of the molecule is CCC(CC)(CNC(=O)NCCC1CCCCC1)C(=O)O. The number of hydrogen-bond donors (Lipinski definition) is 3. The third-order valence-corrected chi connectivity index (χ3v) is 4.96. The van der Waals surface area contributed by atoms with E-state index in [1.165, 1.54) is 32.1 Å². The summed E-state index contributed by atoms with van der Waals surface area (Å²) in [6, 6.07) is -0.252. The number of urea groups is 1. The lowest BCUT2D eigenvalue weighted by Gasteiger charge is -2.27. The van der Waals surface area contributed by atoms with E-state index in [1.54, 1.807) is 0 Å². The lowest BCUT2D eigenvalue weighted by molar-refractivity contribution is -0.149. The van der Waals surface area contributed by atoms with E-state index in [9.17, 15) is 14.7 Å². The molecule has 0 spiro atoms. The van der Waals surface area contributed by atoms with Gasteiger partial charge < -0.3 is 15.7 Å². The Morgan fingerprint density at radius 1 is 1.10 bits per heavy atom. The average Bonchev–Trinajstić information content (AvgIpc) is 2.49. The first-order valence-corrected chi connectivity index (χ1v) is 8.29. The molecule has 3 N–H and O–H groups in total. The van der Waals surface area contributed by atoms with Crippen molar-refractivity contribution in [2.75, 3.05) is 13.1 Å². The van der Waals surface area contributed by atoms with Gasteiger partial charge in [0.15, 0.2) is 0 Å². The minimum Gasteiger partial charge on any atom is -0.481 e. The van der Waals surface area contributed by atoms with Gasteiger partial charge in [-0.05, 0) is 25.2 Å². The van der Waals surface area contributed by atoms with E-state index in [0.29, 0.717) is 19.4 Å². The summed E-state index contributed by atoms with van der Waals surface area (Å²) in [7, 11) is 0. The normalized spacial score (nSPS) is 16.5. The van der Waals surface area contributed by atoms with E-state index in [4.69, 9.17) is 0 Å². The molecule has 0 aliphatic heterocycles. The number of carboxylic acids is 1. The fourth-order valence-electron chi connectivity index (χ4n) is 3.06. The lowest BCUT2D eigenvalue weighted by atomic mass is 9.82. The van der Waals surface area contributed by atoms with Crippen LogP contribution in [0.4, 0.5) is 4.79 Å². The van der Waals surface area contributed by atoms with Gasteiger partial charge in [0.05, 0.1) is 5.41 Å². The van der Waals surface area contributed by atoms with Crippen molar-refractivity contribution in [3.63, 3.8) is 0 Å². The summed E-state index contributed by atoms with van der Waals surface area (Å²) in [6.07, 6.45) is 8.57. The van der Waals surface area contributed by atoms with E-state index in [0.717, 1.165) is 12.3 Å². The van der Waals surface area contributed by atoms with Gasteiger partial charge in [0, 0.05) is 13.1 Å². The molecule has 0 saturated heterocycles. The van der Waals surface area contributed by atoms with Crippen molar-refractivity contribution in [1.29, 1.82) is 0 Å². The highest BCUT2D eigenvalue weighted by Crippen LogP contribution is 2.26. The molecule has 0 radical (unpaired) electrons. The summed E-state index contributed by atoms with van der Waals surface area (Å²) in [5.74, 6) is -0.0987. The lowest BCUT2D eigenvalue weighted by Crippen LogP contribution is -2.46. The molecule has 21 heavy (non-hydrogen) atoms. The highest BCUT2D eigenvalue weighted by atomic mass is 16.4. The number of rotatable bonds is 8. The molecule has 0 heterocycles. The molecule has 0 unspecified atom stereocenters. The summed E-state index contributed by atoms with van der Waals surface area (Å²) in [5.41, 5.74) is -0.847. The Hall–Kier alpha value is -1.26. The molecule has 122 valence electrons.